The molecule has 1 amide bonds. The first-order valence-electron chi connectivity index (χ1n) is 12.2. The van der Waals surface area contributed by atoms with Gasteiger partial charge in [-0.15, -0.1) is 0 Å². The molecule has 0 bridgehead atoms. The molecule has 0 radical (unpaired) electrons. The number of amides is 1. The number of hydrogen-bond acceptors (Lipinski definition) is 6. The van der Waals surface area contributed by atoms with Crippen molar-refractivity contribution in [2.45, 2.75) is 64.2 Å². The molecule has 1 aliphatic rings. The van der Waals surface area contributed by atoms with Gasteiger partial charge in [0.25, 0.3) is 0 Å². The van der Waals surface area contributed by atoms with Crippen molar-refractivity contribution in [1.82, 2.24) is 10.3 Å². The molecule has 7 nitrogen and oxygen atoms in total. The number of carbonyl (C=O) groups excluding carboxylic acids is 1. The molecule has 5 rings (SSSR count). The van der Waals surface area contributed by atoms with Crippen LogP contribution in [0.4, 0.5) is 10.6 Å². The molecular formula is C28H30ClN3O4. The first-order chi connectivity index (χ1) is 17.2. The van der Waals surface area contributed by atoms with Crippen molar-refractivity contribution in [3.05, 3.63) is 53.6 Å². The fourth-order valence-corrected chi connectivity index (χ4v) is 4.99. The van der Waals surface area contributed by atoms with Crippen molar-refractivity contribution in [2.75, 3.05) is 5.73 Å². The Bertz CT molecular complexity index is 1380. The molecule has 36 heavy (non-hydrogen) atoms. The van der Waals surface area contributed by atoms with E-state index >= 15 is 0 Å². The largest absolute Gasteiger partial charge is 0.474 e. The minimum atomic E-state index is -0.526. The Hall–Kier alpha value is -3.45. The van der Waals surface area contributed by atoms with Crippen LogP contribution in [0.5, 0.6) is 5.88 Å². The van der Waals surface area contributed by atoms with Crippen molar-refractivity contribution in [3.63, 3.8) is 0 Å². The Morgan fingerprint density at radius 2 is 1.86 bits per heavy atom. The summed E-state index contributed by atoms with van der Waals surface area (Å²) in [6.07, 6.45) is 2.61. The Morgan fingerprint density at radius 3 is 2.58 bits per heavy atom. The number of nitrogen functional groups attached to an aromatic ring is 1. The Labute approximate surface area is 214 Å². The van der Waals surface area contributed by atoms with E-state index in [1.54, 1.807) is 6.07 Å². The van der Waals surface area contributed by atoms with Crippen LogP contribution in [0, 0.1) is 0 Å². The van der Waals surface area contributed by atoms with Crippen molar-refractivity contribution in [3.8, 4) is 17.2 Å². The van der Waals surface area contributed by atoms with E-state index in [0.29, 0.717) is 27.9 Å². The van der Waals surface area contributed by atoms with Gasteiger partial charge in [0.05, 0.1) is 10.6 Å². The van der Waals surface area contributed by atoms with Gasteiger partial charge >= 0.3 is 6.09 Å². The molecule has 0 unspecified atom stereocenters. The van der Waals surface area contributed by atoms with E-state index in [1.165, 1.54) is 0 Å². The highest BCUT2D eigenvalue weighted by molar-refractivity contribution is 6.37. The number of anilines is 1. The molecule has 0 spiro atoms. The number of pyridine rings is 1. The smallest absolute Gasteiger partial charge is 0.407 e. The van der Waals surface area contributed by atoms with Gasteiger partial charge in [-0.05, 0) is 64.7 Å². The molecule has 3 N–H and O–H groups in total. The Balaban J connectivity index is 1.42. The molecule has 1 fully saturated rings. The first-order valence-corrected chi connectivity index (χ1v) is 12.6. The number of carbonyl (C=O) groups is 1. The number of para-hydroxylation sites is 1. The van der Waals surface area contributed by atoms with Gasteiger partial charge in [-0.3, -0.25) is 0 Å². The number of rotatable bonds is 4. The normalized spacial score (nSPS) is 18.3. The van der Waals surface area contributed by atoms with Crippen molar-refractivity contribution in [2.24, 2.45) is 0 Å². The molecule has 2 aromatic heterocycles. The number of alkyl carbamates (subject to hydrolysis) is 1. The highest BCUT2D eigenvalue weighted by Gasteiger charge is 2.28. The number of ether oxygens (including phenoxy) is 2. The Kier molecular flexibility index (Phi) is 6.43. The molecule has 0 aliphatic heterocycles. The number of nitrogens with two attached hydrogens (primary N) is 1. The topological polar surface area (TPSA) is 99.6 Å². The second-order valence-electron chi connectivity index (χ2n) is 10.2. The third kappa shape index (κ3) is 5.07. The summed E-state index contributed by atoms with van der Waals surface area (Å²) in [7, 11) is 0. The second kappa shape index (κ2) is 9.54. The molecule has 4 aromatic rings. The standard InChI is InChI=1S/C28H30ClN3O4/c1-28(2,3)36-27(33)31-17-11-13-18(14-12-17)34-26-24(22-15-16-7-4-5-10-21(16)35-22)19-8-6-9-20(29)23(19)25(30)32-26/h4-10,15,17-18H,11-14H2,1-3H3,(H2,30,32)(H,31,33). The monoisotopic (exact) mass is 507 g/mol. The summed E-state index contributed by atoms with van der Waals surface area (Å²) in [5.41, 5.74) is 7.32. The van der Waals surface area contributed by atoms with Crippen molar-refractivity contribution < 1.29 is 18.7 Å². The number of furan rings is 1. The van der Waals surface area contributed by atoms with E-state index in [0.717, 1.165) is 47.6 Å². The quantitative estimate of drug-likeness (QED) is 0.305. The van der Waals surface area contributed by atoms with E-state index < -0.39 is 5.60 Å². The first kappa shape index (κ1) is 24.3. The molecule has 0 saturated heterocycles. The third-order valence-electron chi connectivity index (χ3n) is 6.32. The minimum Gasteiger partial charge on any atom is -0.474 e. The molecular weight excluding hydrogens is 478 g/mol. The van der Waals surface area contributed by atoms with Crippen LogP contribution in [0.1, 0.15) is 46.5 Å². The molecule has 2 aromatic carbocycles. The van der Waals surface area contributed by atoms with Crippen LogP contribution in [-0.4, -0.2) is 28.8 Å². The summed E-state index contributed by atoms with van der Waals surface area (Å²) < 4.78 is 18.1. The van der Waals surface area contributed by atoms with Crippen molar-refractivity contribution >= 4 is 45.3 Å². The summed E-state index contributed by atoms with van der Waals surface area (Å²) >= 11 is 6.51. The number of fused-ring (bicyclic) bond motifs is 2. The van der Waals surface area contributed by atoms with Gasteiger partial charge < -0.3 is 24.9 Å². The molecule has 2 heterocycles. The van der Waals surface area contributed by atoms with Gasteiger partial charge in [0.15, 0.2) is 0 Å². The second-order valence-corrected chi connectivity index (χ2v) is 10.6. The SMILES string of the molecule is CC(C)(C)OC(=O)NC1CCC(Oc2nc(N)c3c(Cl)cccc3c2-c2cc3ccccc3o2)CC1. The number of nitrogens with zero attached hydrogens (tertiary/aromatic N) is 1. The Morgan fingerprint density at radius 1 is 1.11 bits per heavy atom. The lowest BCUT2D eigenvalue weighted by Gasteiger charge is -2.30. The number of nitrogens with one attached hydrogen (secondary N) is 1. The molecule has 8 heteroatoms. The van der Waals surface area contributed by atoms with Crippen molar-refractivity contribution in [1.29, 1.82) is 0 Å². The van der Waals surface area contributed by atoms with Crippen LogP contribution in [0.25, 0.3) is 33.1 Å². The summed E-state index contributed by atoms with van der Waals surface area (Å²) in [5.74, 6) is 1.38. The molecule has 1 saturated carbocycles. The average molecular weight is 508 g/mol. The van der Waals surface area contributed by atoms with Crippen LogP contribution in [0.2, 0.25) is 5.02 Å². The minimum absolute atomic E-state index is 0.0444. The summed E-state index contributed by atoms with van der Waals surface area (Å²) in [6.45, 7) is 5.56. The fraction of sp³-hybridized carbons (Fsp3) is 0.357. The highest BCUT2D eigenvalue weighted by Crippen LogP contribution is 2.43. The lowest BCUT2D eigenvalue weighted by atomic mass is 9.93. The molecule has 1 aliphatic carbocycles. The third-order valence-corrected chi connectivity index (χ3v) is 6.64. The predicted octanol–water partition coefficient (Wildman–Crippen LogP) is 7.10. The molecule has 188 valence electrons. The van der Waals surface area contributed by atoms with Gasteiger partial charge in [0.1, 0.15) is 28.9 Å². The highest BCUT2D eigenvalue weighted by atomic mass is 35.5. The summed E-state index contributed by atoms with van der Waals surface area (Å²) in [4.78, 5) is 16.8. The lowest BCUT2D eigenvalue weighted by molar-refractivity contribution is 0.0469. The molecule has 0 atom stereocenters. The predicted molar refractivity (Wildman–Crippen MR) is 142 cm³/mol. The van der Waals surface area contributed by atoms with Crippen LogP contribution >= 0.6 is 11.6 Å². The van der Waals surface area contributed by atoms with E-state index in [2.05, 4.69) is 10.3 Å². The fourth-order valence-electron chi connectivity index (χ4n) is 4.71. The van der Waals surface area contributed by atoms with Gasteiger partial charge in [0.2, 0.25) is 5.88 Å². The van der Waals surface area contributed by atoms with E-state index in [1.807, 2.05) is 63.2 Å². The number of benzene rings is 2. The van der Waals surface area contributed by atoms with Crippen LogP contribution in [0.3, 0.4) is 0 Å². The number of hydrogen-bond donors (Lipinski definition) is 2. The maximum Gasteiger partial charge on any atom is 0.407 e. The van der Waals surface area contributed by atoms with Gasteiger partial charge in [-0.1, -0.05) is 41.9 Å². The van der Waals surface area contributed by atoms with Gasteiger partial charge in [-0.2, -0.15) is 4.98 Å². The summed E-state index contributed by atoms with van der Waals surface area (Å²) in [5, 5.41) is 5.97. The maximum atomic E-state index is 12.2. The van der Waals surface area contributed by atoms with Crippen LogP contribution in [0.15, 0.2) is 52.9 Å². The van der Waals surface area contributed by atoms with E-state index in [-0.39, 0.29) is 18.2 Å². The lowest BCUT2D eigenvalue weighted by Crippen LogP contribution is -2.42. The van der Waals surface area contributed by atoms with E-state index in [4.69, 9.17) is 31.2 Å². The van der Waals surface area contributed by atoms with Crippen LogP contribution in [-0.2, 0) is 4.74 Å². The number of halogens is 1. The van der Waals surface area contributed by atoms with Crippen LogP contribution < -0.4 is 15.8 Å². The average Bonchev–Trinajstić information content (AvgIpc) is 3.23. The zero-order valence-corrected chi connectivity index (χ0v) is 21.4. The van der Waals surface area contributed by atoms with Gasteiger partial charge in [-0.25, -0.2) is 4.79 Å². The maximum absolute atomic E-state index is 12.2. The zero-order chi connectivity index (χ0) is 25.4. The summed E-state index contributed by atoms with van der Waals surface area (Å²) in [6, 6.07) is 15.5. The van der Waals surface area contributed by atoms with E-state index in [9.17, 15) is 4.79 Å². The zero-order valence-electron chi connectivity index (χ0n) is 20.6. The van der Waals surface area contributed by atoms with Gasteiger partial charge in [0, 0.05) is 22.2 Å². The number of aromatic nitrogens is 1.